The monoisotopic (exact) mass is 392 g/mol. The molecule has 2 aromatic carbocycles. The maximum atomic E-state index is 12.5. The largest absolute Gasteiger partial charge is 0.486 e. The van der Waals surface area contributed by atoms with Crippen LogP contribution >= 0.6 is 15.9 Å². The summed E-state index contributed by atoms with van der Waals surface area (Å²) in [6, 6.07) is 7.83. The highest BCUT2D eigenvalue weighted by Crippen LogP contribution is 2.37. The molecule has 0 aromatic heterocycles. The molecule has 124 valence electrons. The zero-order chi connectivity index (χ0) is 17.3. The van der Waals surface area contributed by atoms with Crippen molar-refractivity contribution in [2.24, 2.45) is 0 Å². The number of hydrogen-bond acceptors (Lipinski definition) is 5. The predicted molar refractivity (Wildman–Crippen MR) is 90.9 cm³/mol. The molecular formula is C16H13BrN2O5. The summed E-state index contributed by atoms with van der Waals surface area (Å²) in [6.07, 6.45) is 0. The second kappa shape index (κ2) is 6.48. The molecule has 0 spiro atoms. The van der Waals surface area contributed by atoms with Crippen molar-refractivity contribution in [1.29, 1.82) is 0 Å². The van der Waals surface area contributed by atoms with Gasteiger partial charge in [-0.15, -0.1) is 0 Å². The fourth-order valence-corrected chi connectivity index (χ4v) is 2.58. The fraction of sp³-hybridized carbons (Fsp3) is 0.188. The Balaban J connectivity index is 1.96. The van der Waals surface area contributed by atoms with Gasteiger partial charge in [0.2, 0.25) is 0 Å². The van der Waals surface area contributed by atoms with E-state index in [0.29, 0.717) is 24.7 Å². The summed E-state index contributed by atoms with van der Waals surface area (Å²) in [5.41, 5.74) is 1.07. The topological polar surface area (TPSA) is 90.7 Å². The molecule has 1 aliphatic rings. The molecule has 0 radical (unpaired) electrons. The second-order valence-corrected chi connectivity index (χ2v) is 6.04. The first-order valence-electron chi connectivity index (χ1n) is 7.11. The number of nitrogens with one attached hydrogen (secondary N) is 1. The van der Waals surface area contributed by atoms with Crippen LogP contribution in [0.1, 0.15) is 15.9 Å². The van der Waals surface area contributed by atoms with Gasteiger partial charge in [-0.05, 0) is 30.7 Å². The molecular weight excluding hydrogens is 380 g/mol. The summed E-state index contributed by atoms with van der Waals surface area (Å²) in [6.45, 7) is 2.53. The van der Waals surface area contributed by atoms with E-state index >= 15 is 0 Å². The number of aryl methyl sites for hydroxylation is 1. The summed E-state index contributed by atoms with van der Waals surface area (Å²) in [4.78, 5) is 23.2. The van der Waals surface area contributed by atoms with Gasteiger partial charge in [0.25, 0.3) is 11.6 Å². The Hall–Kier alpha value is -2.61. The van der Waals surface area contributed by atoms with Crippen LogP contribution in [-0.4, -0.2) is 24.0 Å². The number of halogens is 1. The number of carbonyl (C=O) groups is 1. The highest BCUT2D eigenvalue weighted by Gasteiger charge is 2.26. The molecule has 0 bridgehead atoms. The van der Waals surface area contributed by atoms with Crippen LogP contribution in [-0.2, 0) is 0 Å². The van der Waals surface area contributed by atoms with Crippen molar-refractivity contribution < 1.29 is 19.2 Å². The Morgan fingerprint density at radius 2 is 1.88 bits per heavy atom. The number of nitrogens with zero attached hydrogens (tertiary/aromatic N) is 1. The summed E-state index contributed by atoms with van der Waals surface area (Å²) < 4.78 is 11.6. The molecule has 24 heavy (non-hydrogen) atoms. The van der Waals surface area contributed by atoms with Crippen LogP contribution in [0.25, 0.3) is 0 Å². The molecule has 1 heterocycles. The Kier molecular flexibility index (Phi) is 4.39. The smallest absolute Gasteiger partial charge is 0.286 e. The van der Waals surface area contributed by atoms with E-state index < -0.39 is 10.8 Å². The average molecular weight is 393 g/mol. The number of rotatable bonds is 3. The Morgan fingerprint density at radius 1 is 1.21 bits per heavy atom. The molecule has 8 heteroatoms. The number of ether oxygens (including phenoxy) is 2. The summed E-state index contributed by atoms with van der Waals surface area (Å²) in [7, 11) is 0. The summed E-state index contributed by atoms with van der Waals surface area (Å²) >= 11 is 3.38. The fourth-order valence-electron chi connectivity index (χ4n) is 2.33. The minimum absolute atomic E-state index is 0.0789. The summed E-state index contributed by atoms with van der Waals surface area (Å²) in [5.74, 6) is 0.00775. The van der Waals surface area contributed by atoms with Gasteiger partial charge in [0.15, 0.2) is 11.5 Å². The van der Waals surface area contributed by atoms with E-state index in [1.807, 2.05) is 6.92 Å². The van der Waals surface area contributed by atoms with Gasteiger partial charge in [-0.1, -0.05) is 15.9 Å². The quantitative estimate of drug-likeness (QED) is 0.635. The third-order valence-corrected chi connectivity index (χ3v) is 4.41. The number of hydrogen-bond donors (Lipinski definition) is 1. The van der Waals surface area contributed by atoms with Crippen LogP contribution in [0.4, 0.5) is 11.4 Å². The van der Waals surface area contributed by atoms with Crippen LogP contribution in [0.5, 0.6) is 11.5 Å². The van der Waals surface area contributed by atoms with Gasteiger partial charge in [-0.3, -0.25) is 14.9 Å². The number of carbonyl (C=O) groups excluding carboxylic acids is 1. The number of benzene rings is 2. The van der Waals surface area contributed by atoms with Gasteiger partial charge in [0, 0.05) is 16.2 Å². The first kappa shape index (κ1) is 16.3. The van der Waals surface area contributed by atoms with Crippen LogP contribution in [0.2, 0.25) is 0 Å². The zero-order valence-electron chi connectivity index (χ0n) is 12.7. The first-order valence-corrected chi connectivity index (χ1v) is 7.90. The number of amides is 1. The lowest BCUT2D eigenvalue weighted by atomic mass is 10.1. The molecule has 1 aliphatic heterocycles. The first-order chi connectivity index (χ1) is 11.5. The SMILES string of the molecule is Cc1cc(NC(=O)c2cc3c(cc2[N+](=O)[O-])OCCO3)ccc1Br. The minimum Gasteiger partial charge on any atom is -0.486 e. The van der Waals surface area contributed by atoms with Crippen molar-refractivity contribution in [3.05, 3.63) is 56.0 Å². The lowest BCUT2D eigenvalue weighted by Gasteiger charge is -2.19. The molecule has 0 unspecified atom stereocenters. The average Bonchev–Trinajstić information content (AvgIpc) is 2.57. The predicted octanol–water partition coefficient (Wildman–Crippen LogP) is 3.69. The Morgan fingerprint density at radius 3 is 2.50 bits per heavy atom. The van der Waals surface area contributed by atoms with Gasteiger partial charge in [0.1, 0.15) is 18.8 Å². The van der Waals surface area contributed by atoms with Crippen molar-refractivity contribution in [3.8, 4) is 11.5 Å². The van der Waals surface area contributed by atoms with Crippen LogP contribution < -0.4 is 14.8 Å². The molecule has 0 saturated heterocycles. The zero-order valence-corrected chi connectivity index (χ0v) is 14.3. The molecule has 0 atom stereocenters. The van der Waals surface area contributed by atoms with Crippen molar-refractivity contribution >= 4 is 33.2 Å². The molecule has 1 N–H and O–H groups in total. The van der Waals surface area contributed by atoms with E-state index in [1.165, 1.54) is 12.1 Å². The van der Waals surface area contributed by atoms with Crippen molar-refractivity contribution in [2.45, 2.75) is 6.92 Å². The van der Waals surface area contributed by atoms with Crippen molar-refractivity contribution in [2.75, 3.05) is 18.5 Å². The van der Waals surface area contributed by atoms with Gasteiger partial charge < -0.3 is 14.8 Å². The Bertz CT molecular complexity index is 837. The number of anilines is 1. The van der Waals surface area contributed by atoms with Gasteiger partial charge in [-0.2, -0.15) is 0 Å². The Labute approximate surface area is 145 Å². The second-order valence-electron chi connectivity index (χ2n) is 5.19. The number of fused-ring (bicyclic) bond motifs is 1. The van der Waals surface area contributed by atoms with E-state index in [4.69, 9.17) is 9.47 Å². The van der Waals surface area contributed by atoms with E-state index in [0.717, 1.165) is 10.0 Å². The normalized spacial score (nSPS) is 12.6. The highest BCUT2D eigenvalue weighted by atomic mass is 79.9. The van der Waals surface area contributed by atoms with Crippen LogP contribution in [0.15, 0.2) is 34.8 Å². The molecule has 0 aliphatic carbocycles. The number of nitro benzene ring substituents is 1. The highest BCUT2D eigenvalue weighted by molar-refractivity contribution is 9.10. The molecule has 3 rings (SSSR count). The van der Waals surface area contributed by atoms with E-state index in [1.54, 1.807) is 18.2 Å². The van der Waals surface area contributed by atoms with Gasteiger partial charge in [0.05, 0.1) is 11.0 Å². The van der Waals surface area contributed by atoms with Crippen LogP contribution in [0, 0.1) is 17.0 Å². The third kappa shape index (κ3) is 3.18. The maximum absolute atomic E-state index is 12.5. The molecule has 2 aromatic rings. The minimum atomic E-state index is -0.611. The molecule has 7 nitrogen and oxygen atoms in total. The molecule has 0 saturated carbocycles. The van der Waals surface area contributed by atoms with E-state index in [2.05, 4.69) is 21.2 Å². The molecule has 0 fully saturated rings. The van der Waals surface area contributed by atoms with Crippen molar-refractivity contribution in [1.82, 2.24) is 0 Å². The van der Waals surface area contributed by atoms with Crippen LogP contribution in [0.3, 0.4) is 0 Å². The maximum Gasteiger partial charge on any atom is 0.286 e. The van der Waals surface area contributed by atoms with Crippen molar-refractivity contribution in [3.63, 3.8) is 0 Å². The summed E-state index contributed by atoms with van der Waals surface area (Å²) in [5, 5.41) is 14.0. The lowest BCUT2D eigenvalue weighted by Crippen LogP contribution is -2.18. The third-order valence-electron chi connectivity index (χ3n) is 3.52. The number of nitro groups is 1. The van der Waals surface area contributed by atoms with Gasteiger partial charge >= 0.3 is 0 Å². The van der Waals surface area contributed by atoms with Gasteiger partial charge in [-0.25, -0.2) is 0 Å². The molecule has 1 amide bonds. The lowest BCUT2D eigenvalue weighted by molar-refractivity contribution is -0.385. The van der Waals surface area contributed by atoms with E-state index in [-0.39, 0.29) is 17.0 Å². The standard InChI is InChI=1S/C16H13BrN2O5/c1-9-6-10(2-3-12(9)17)18-16(20)11-7-14-15(24-5-4-23-14)8-13(11)19(21)22/h2-3,6-8H,4-5H2,1H3,(H,18,20). The van der Waals surface area contributed by atoms with E-state index in [9.17, 15) is 14.9 Å².